The zero-order valence-corrected chi connectivity index (χ0v) is 14.9. The van der Waals surface area contributed by atoms with Crippen molar-refractivity contribution in [2.24, 2.45) is 0 Å². The topological polar surface area (TPSA) is 26.3 Å². The molecule has 0 bridgehead atoms. The molecule has 3 aromatic carbocycles. The largest absolute Gasteiger partial charge is 0.457 e. The molecule has 0 aliphatic carbocycles. The molecule has 3 heteroatoms. The molecular formula is C21H19O2P. The average molecular weight is 334 g/mol. The normalized spacial score (nSPS) is 10.5. The van der Waals surface area contributed by atoms with Gasteiger partial charge in [-0.05, 0) is 54.5 Å². The van der Waals surface area contributed by atoms with Crippen LogP contribution in [0.4, 0.5) is 0 Å². The van der Waals surface area contributed by atoms with E-state index in [0.29, 0.717) is 11.3 Å². The molecule has 3 aromatic rings. The molecule has 120 valence electrons. The molecule has 2 nitrogen and oxygen atoms in total. The van der Waals surface area contributed by atoms with Crippen LogP contribution in [0.1, 0.15) is 27.0 Å². The maximum atomic E-state index is 13.0. The summed E-state index contributed by atoms with van der Waals surface area (Å²) >= 11 is 0. The summed E-state index contributed by atoms with van der Waals surface area (Å²) < 4.78 is 5.86. The number of para-hydroxylation sites is 1. The Morgan fingerprint density at radius 2 is 1.50 bits per heavy atom. The van der Waals surface area contributed by atoms with E-state index in [4.69, 9.17) is 4.74 Å². The number of ether oxygens (including phenoxy) is 1. The van der Waals surface area contributed by atoms with E-state index in [1.165, 1.54) is 0 Å². The van der Waals surface area contributed by atoms with Crippen molar-refractivity contribution < 1.29 is 9.53 Å². The van der Waals surface area contributed by atoms with Gasteiger partial charge in [-0.1, -0.05) is 42.5 Å². The molecule has 0 saturated carbocycles. The highest BCUT2D eigenvalue weighted by molar-refractivity contribution is 7.27. The summed E-state index contributed by atoms with van der Waals surface area (Å²) in [7, 11) is 2.63. The molecule has 0 radical (unpaired) electrons. The van der Waals surface area contributed by atoms with Gasteiger partial charge in [0.25, 0.3) is 0 Å². The van der Waals surface area contributed by atoms with E-state index >= 15 is 0 Å². The fourth-order valence-corrected chi connectivity index (χ4v) is 3.04. The Balaban J connectivity index is 1.99. The smallest absolute Gasteiger partial charge is 0.194 e. The van der Waals surface area contributed by atoms with E-state index in [2.05, 4.69) is 9.24 Å². The third-order valence-electron chi connectivity index (χ3n) is 3.96. The minimum Gasteiger partial charge on any atom is -0.457 e. The summed E-state index contributed by atoms with van der Waals surface area (Å²) in [5, 5.41) is 0.864. The van der Waals surface area contributed by atoms with Gasteiger partial charge in [0.2, 0.25) is 0 Å². The number of hydrogen-bond donors (Lipinski definition) is 0. The zero-order chi connectivity index (χ0) is 17.1. The Hall–Kier alpha value is -2.44. The van der Waals surface area contributed by atoms with Crippen molar-refractivity contribution in [2.45, 2.75) is 13.8 Å². The van der Waals surface area contributed by atoms with E-state index in [1.54, 1.807) is 0 Å². The third kappa shape index (κ3) is 3.39. The van der Waals surface area contributed by atoms with Crippen molar-refractivity contribution in [1.29, 1.82) is 0 Å². The van der Waals surface area contributed by atoms with Gasteiger partial charge in [-0.3, -0.25) is 4.79 Å². The summed E-state index contributed by atoms with van der Waals surface area (Å²) in [6.45, 7) is 3.93. The highest BCUT2D eigenvalue weighted by Gasteiger charge is 2.17. The summed E-state index contributed by atoms with van der Waals surface area (Å²) in [5.41, 5.74) is 3.38. The van der Waals surface area contributed by atoms with Gasteiger partial charge in [-0.15, -0.1) is 9.24 Å². The van der Waals surface area contributed by atoms with Crippen molar-refractivity contribution in [2.75, 3.05) is 0 Å². The maximum absolute atomic E-state index is 13.0. The molecule has 0 aliphatic heterocycles. The number of rotatable bonds is 4. The second kappa shape index (κ2) is 6.98. The molecule has 3 rings (SSSR count). The van der Waals surface area contributed by atoms with Crippen LogP contribution in [0, 0.1) is 13.8 Å². The third-order valence-corrected chi connectivity index (χ3v) is 4.46. The molecule has 0 saturated heterocycles. The lowest BCUT2D eigenvalue weighted by atomic mass is 9.95. The minimum absolute atomic E-state index is 0.0223. The number of carbonyl (C=O) groups excluding carboxylic acids is 1. The number of aryl methyl sites for hydroxylation is 2. The fraction of sp³-hybridized carbons (Fsp3) is 0.0952. The molecule has 0 heterocycles. The first-order chi connectivity index (χ1) is 11.6. The standard InChI is InChI=1S/C21H19O2P/c1-14-7-6-8-15(2)20(14)21(22)18-13-17(11-12-19(18)24)23-16-9-4-3-5-10-16/h3-13H,24H2,1-2H3. The number of ketones is 1. The molecule has 24 heavy (non-hydrogen) atoms. The van der Waals surface area contributed by atoms with Crippen molar-refractivity contribution in [3.63, 3.8) is 0 Å². The SMILES string of the molecule is Cc1cccc(C)c1C(=O)c1cc(Oc2ccccc2)ccc1P. The van der Waals surface area contributed by atoms with E-state index in [-0.39, 0.29) is 5.78 Å². The van der Waals surface area contributed by atoms with Gasteiger partial charge >= 0.3 is 0 Å². The van der Waals surface area contributed by atoms with Crippen molar-refractivity contribution in [3.8, 4) is 11.5 Å². The molecule has 0 aromatic heterocycles. The fourth-order valence-electron chi connectivity index (χ4n) is 2.73. The number of carbonyl (C=O) groups is 1. The molecule has 0 amide bonds. The average Bonchev–Trinajstić information content (AvgIpc) is 2.57. The Bertz CT molecular complexity index is 865. The Kier molecular flexibility index (Phi) is 4.78. The lowest BCUT2D eigenvalue weighted by molar-refractivity contribution is 0.103. The summed E-state index contributed by atoms with van der Waals surface area (Å²) in [6, 6.07) is 21.0. The van der Waals surface area contributed by atoms with Gasteiger partial charge in [0.15, 0.2) is 5.78 Å². The van der Waals surface area contributed by atoms with Crippen LogP contribution in [-0.2, 0) is 0 Å². The van der Waals surface area contributed by atoms with Gasteiger partial charge < -0.3 is 4.74 Å². The van der Waals surface area contributed by atoms with Crippen molar-refractivity contribution >= 4 is 20.3 Å². The molecule has 0 spiro atoms. The molecule has 0 aliphatic rings. The van der Waals surface area contributed by atoms with Crippen LogP contribution in [0.2, 0.25) is 0 Å². The van der Waals surface area contributed by atoms with Gasteiger partial charge in [0.1, 0.15) is 11.5 Å². The predicted octanol–water partition coefficient (Wildman–Crippen LogP) is 4.83. The van der Waals surface area contributed by atoms with Crippen LogP contribution in [0.5, 0.6) is 11.5 Å². The van der Waals surface area contributed by atoms with Crippen LogP contribution >= 0.6 is 9.24 Å². The van der Waals surface area contributed by atoms with Crippen molar-refractivity contribution in [1.82, 2.24) is 0 Å². The van der Waals surface area contributed by atoms with Crippen LogP contribution in [0.25, 0.3) is 0 Å². The predicted molar refractivity (Wildman–Crippen MR) is 102 cm³/mol. The lowest BCUT2D eigenvalue weighted by Gasteiger charge is -2.12. The van der Waals surface area contributed by atoms with Crippen LogP contribution in [0.15, 0.2) is 66.7 Å². The molecular weight excluding hydrogens is 315 g/mol. The number of hydrogen-bond acceptors (Lipinski definition) is 2. The molecule has 1 unspecified atom stereocenters. The van der Waals surface area contributed by atoms with E-state index in [9.17, 15) is 4.79 Å². The maximum Gasteiger partial charge on any atom is 0.194 e. The zero-order valence-electron chi connectivity index (χ0n) is 13.7. The Labute approximate surface area is 144 Å². The summed E-state index contributed by atoms with van der Waals surface area (Å²) in [6.07, 6.45) is 0. The van der Waals surface area contributed by atoms with Gasteiger partial charge in [-0.25, -0.2) is 0 Å². The highest BCUT2D eigenvalue weighted by Crippen LogP contribution is 2.24. The Morgan fingerprint density at radius 1 is 0.833 bits per heavy atom. The number of benzene rings is 3. The molecule has 0 N–H and O–H groups in total. The first-order valence-electron chi connectivity index (χ1n) is 7.79. The van der Waals surface area contributed by atoms with Crippen LogP contribution in [0.3, 0.4) is 0 Å². The second-order valence-corrected chi connectivity index (χ2v) is 6.38. The van der Waals surface area contributed by atoms with Gasteiger partial charge in [0.05, 0.1) is 0 Å². The first kappa shape index (κ1) is 16.4. The minimum atomic E-state index is 0.0223. The van der Waals surface area contributed by atoms with Crippen LogP contribution in [-0.4, -0.2) is 5.78 Å². The molecule has 0 fully saturated rings. The second-order valence-electron chi connectivity index (χ2n) is 5.76. The Morgan fingerprint density at radius 3 is 2.17 bits per heavy atom. The lowest BCUT2D eigenvalue weighted by Crippen LogP contribution is -2.13. The van der Waals surface area contributed by atoms with Gasteiger partial charge in [0, 0.05) is 11.1 Å². The van der Waals surface area contributed by atoms with Gasteiger partial charge in [-0.2, -0.15) is 0 Å². The first-order valence-corrected chi connectivity index (χ1v) is 8.37. The van der Waals surface area contributed by atoms with Crippen LogP contribution < -0.4 is 10.0 Å². The molecule has 1 atom stereocenters. The quantitative estimate of drug-likeness (QED) is 0.505. The monoisotopic (exact) mass is 334 g/mol. The highest BCUT2D eigenvalue weighted by atomic mass is 31.0. The van der Waals surface area contributed by atoms with Crippen molar-refractivity contribution in [3.05, 3.63) is 89.0 Å². The summed E-state index contributed by atoms with van der Waals surface area (Å²) in [4.78, 5) is 13.0. The summed E-state index contributed by atoms with van der Waals surface area (Å²) in [5.74, 6) is 1.43. The van der Waals surface area contributed by atoms with E-state index in [0.717, 1.165) is 27.7 Å². The van der Waals surface area contributed by atoms with E-state index in [1.807, 2.05) is 80.6 Å². The van der Waals surface area contributed by atoms with E-state index < -0.39 is 0 Å².